The molecule has 2 aliphatic heterocycles. The standard InChI is InChI=1S/C14H20N2O2/c1-9-12(7-4-8-15-9)16-13(17)10-5-2-3-6-11(10)14(16)18/h2-3,9-12,15H,4-8H2,1H3. The van der Waals surface area contributed by atoms with E-state index in [-0.39, 0.29) is 35.7 Å². The minimum atomic E-state index is -0.0865. The Morgan fingerprint density at radius 2 is 1.78 bits per heavy atom. The van der Waals surface area contributed by atoms with Gasteiger partial charge in [0, 0.05) is 6.04 Å². The number of rotatable bonds is 1. The fraction of sp³-hybridized carbons (Fsp3) is 0.714. The number of carbonyl (C=O) groups excluding carboxylic acids is 2. The van der Waals surface area contributed by atoms with Crippen LogP contribution in [0.5, 0.6) is 0 Å². The molecule has 0 aromatic heterocycles. The zero-order chi connectivity index (χ0) is 12.7. The highest BCUT2D eigenvalue weighted by Crippen LogP contribution is 2.37. The molecule has 3 aliphatic rings. The molecule has 2 amide bonds. The van der Waals surface area contributed by atoms with Gasteiger partial charge in [0.1, 0.15) is 0 Å². The first-order valence-corrected chi connectivity index (χ1v) is 6.95. The Balaban J connectivity index is 1.84. The molecule has 18 heavy (non-hydrogen) atoms. The van der Waals surface area contributed by atoms with E-state index in [9.17, 15) is 9.59 Å². The summed E-state index contributed by atoms with van der Waals surface area (Å²) in [6.45, 7) is 3.06. The number of piperidine rings is 1. The largest absolute Gasteiger partial charge is 0.312 e. The maximum atomic E-state index is 12.4. The molecule has 2 heterocycles. The first-order valence-electron chi connectivity index (χ1n) is 6.95. The van der Waals surface area contributed by atoms with E-state index in [0.717, 1.165) is 32.2 Å². The van der Waals surface area contributed by atoms with Crippen molar-refractivity contribution in [3.05, 3.63) is 12.2 Å². The number of carbonyl (C=O) groups is 2. The Hall–Kier alpha value is -1.16. The van der Waals surface area contributed by atoms with Crippen molar-refractivity contribution in [3.63, 3.8) is 0 Å². The van der Waals surface area contributed by atoms with Gasteiger partial charge in [-0.3, -0.25) is 14.5 Å². The average molecular weight is 248 g/mol. The highest BCUT2D eigenvalue weighted by molar-refractivity contribution is 6.05. The second-order valence-corrected chi connectivity index (χ2v) is 5.65. The monoisotopic (exact) mass is 248 g/mol. The van der Waals surface area contributed by atoms with Crippen LogP contribution in [0.25, 0.3) is 0 Å². The van der Waals surface area contributed by atoms with Crippen LogP contribution >= 0.6 is 0 Å². The van der Waals surface area contributed by atoms with Gasteiger partial charge in [0.15, 0.2) is 0 Å². The Morgan fingerprint density at radius 1 is 1.17 bits per heavy atom. The Labute approximate surface area is 107 Å². The number of likely N-dealkylation sites (tertiary alicyclic amines) is 1. The molecule has 0 radical (unpaired) electrons. The summed E-state index contributed by atoms with van der Waals surface area (Å²) in [6, 6.07) is 0.282. The number of nitrogens with one attached hydrogen (secondary N) is 1. The van der Waals surface area contributed by atoms with Crippen LogP contribution in [0.2, 0.25) is 0 Å². The number of imide groups is 1. The van der Waals surface area contributed by atoms with Crippen LogP contribution in [0.1, 0.15) is 32.6 Å². The van der Waals surface area contributed by atoms with Crippen molar-refractivity contribution < 1.29 is 9.59 Å². The lowest BCUT2D eigenvalue weighted by Gasteiger charge is -2.35. The third-order valence-corrected chi connectivity index (χ3v) is 4.59. The van der Waals surface area contributed by atoms with Crippen LogP contribution in [0.4, 0.5) is 0 Å². The fourth-order valence-corrected chi connectivity index (χ4v) is 3.53. The lowest BCUT2D eigenvalue weighted by Crippen LogP contribution is -2.54. The molecule has 0 aromatic rings. The molecule has 1 aliphatic carbocycles. The predicted molar refractivity (Wildman–Crippen MR) is 67.7 cm³/mol. The van der Waals surface area contributed by atoms with Crippen molar-refractivity contribution in [1.82, 2.24) is 10.2 Å². The maximum absolute atomic E-state index is 12.4. The SMILES string of the molecule is CC1NCCCC1N1C(=O)C2CC=CCC2C1=O. The van der Waals surface area contributed by atoms with Gasteiger partial charge >= 0.3 is 0 Å². The van der Waals surface area contributed by atoms with Gasteiger partial charge in [0.2, 0.25) is 11.8 Å². The maximum Gasteiger partial charge on any atom is 0.233 e. The minimum Gasteiger partial charge on any atom is -0.312 e. The first-order chi connectivity index (χ1) is 8.70. The van der Waals surface area contributed by atoms with Crippen molar-refractivity contribution in [1.29, 1.82) is 0 Å². The lowest BCUT2D eigenvalue weighted by atomic mass is 9.85. The van der Waals surface area contributed by atoms with Gasteiger partial charge in [-0.25, -0.2) is 0 Å². The van der Waals surface area contributed by atoms with Crippen molar-refractivity contribution in [2.45, 2.75) is 44.7 Å². The molecule has 0 aromatic carbocycles. The molecule has 1 N–H and O–H groups in total. The highest BCUT2D eigenvalue weighted by atomic mass is 16.2. The van der Waals surface area contributed by atoms with Crippen LogP contribution in [-0.4, -0.2) is 35.3 Å². The summed E-state index contributed by atoms with van der Waals surface area (Å²) in [5.74, 6) is -0.0435. The molecule has 4 nitrogen and oxygen atoms in total. The smallest absolute Gasteiger partial charge is 0.233 e. The normalized spacial score (nSPS) is 40.2. The zero-order valence-corrected chi connectivity index (χ0v) is 10.8. The molecule has 4 unspecified atom stereocenters. The van der Waals surface area contributed by atoms with Crippen LogP contribution in [0.3, 0.4) is 0 Å². The van der Waals surface area contributed by atoms with Gasteiger partial charge in [-0.2, -0.15) is 0 Å². The number of fused-ring (bicyclic) bond motifs is 1. The first kappa shape index (κ1) is 11.9. The second kappa shape index (κ2) is 4.50. The van der Waals surface area contributed by atoms with Gasteiger partial charge in [0.05, 0.1) is 17.9 Å². The van der Waals surface area contributed by atoms with Crippen molar-refractivity contribution >= 4 is 11.8 Å². The van der Waals surface area contributed by atoms with Crippen LogP contribution in [-0.2, 0) is 9.59 Å². The molecule has 4 atom stereocenters. The summed E-state index contributed by atoms with van der Waals surface area (Å²) in [7, 11) is 0. The van der Waals surface area contributed by atoms with E-state index in [0.29, 0.717) is 0 Å². The number of amides is 2. The number of allylic oxidation sites excluding steroid dienone is 2. The number of nitrogens with zero attached hydrogens (tertiary/aromatic N) is 1. The quantitative estimate of drug-likeness (QED) is 0.558. The topological polar surface area (TPSA) is 49.4 Å². The number of hydrogen-bond acceptors (Lipinski definition) is 3. The molecule has 4 heteroatoms. The van der Waals surface area contributed by atoms with Gasteiger partial charge in [-0.1, -0.05) is 12.2 Å². The van der Waals surface area contributed by atoms with Gasteiger partial charge < -0.3 is 5.32 Å². The van der Waals surface area contributed by atoms with Gasteiger partial charge in [-0.05, 0) is 39.2 Å². The third kappa shape index (κ3) is 1.70. The van der Waals surface area contributed by atoms with E-state index >= 15 is 0 Å². The summed E-state index contributed by atoms with van der Waals surface area (Å²) in [5, 5.41) is 3.37. The molecule has 2 fully saturated rings. The van der Waals surface area contributed by atoms with Crippen molar-refractivity contribution in [2.75, 3.05) is 6.54 Å². The summed E-state index contributed by atoms with van der Waals surface area (Å²) in [6.07, 6.45) is 7.54. The van der Waals surface area contributed by atoms with Crippen LogP contribution in [0.15, 0.2) is 12.2 Å². The van der Waals surface area contributed by atoms with E-state index < -0.39 is 0 Å². The Morgan fingerprint density at radius 3 is 2.33 bits per heavy atom. The van der Waals surface area contributed by atoms with E-state index in [1.807, 2.05) is 12.2 Å². The Kier molecular flexibility index (Phi) is 2.98. The second-order valence-electron chi connectivity index (χ2n) is 5.65. The molecular formula is C14H20N2O2. The minimum absolute atomic E-state index is 0.0596. The fourth-order valence-electron chi connectivity index (χ4n) is 3.53. The van der Waals surface area contributed by atoms with Crippen LogP contribution < -0.4 is 5.32 Å². The highest BCUT2D eigenvalue weighted by Gasteiger charge is 2.50. The molecule has 0 spiro atoms. The predicted octanol–water partition coefficient (Wildman–Crippen LogP) is 1.08. The molecule has 2 saturated heterocycles. The summed E-state index contributed by atoms with van der Waals surface area (Å²) < 4.78 is 0. The molecule has 98 valence electrons. The number of hydrogen-bond donors (Lipinski definition) is 1. The molecule has 0 saturated carbocycles. The van der Waals surface area contributed by atoms with Crippen molar-refractivity contribution in [3.8, 4) is 0 Å². The lowest BCUT2D eigenvalue weighted by molar-refractivity contribution is -0.143. The molecule has 0 bridgehead atoms. The van der Waals surface area contributed by atoms with E-state index in [2.05, 4.69) is 12.2 Å². The van der Waals surface area contributed by atoms with Gasteiger partial charge in [0.25, 0.3) is 0 Å². The molecular weight excluding hydrogens is 228 g/mol. The summed E-state index contributed by atoms with van der Waals surface area (Å²) in [5.41, 5.74) is 0. The van der Waals surface area contributed by atoms with E-state index in [4.69, 9.17) is 0 Å². The summed E-state index contributed by atoms with van der Waals surface area (Å²) >= 11 is 0. The van der Waals surface area contributed by atoms with E-state index in [1.165, 1.54) is 0 Å². The Bertz CT molecular complexity index is 379. The third-order valence-electron chi connectivity index (χ3n) is 4.59. The molecule has 3 rings (SSSR count). The van der Waals surface area contributed by atoms with Gasteiger partial charge in [-0.15, -0.1) is 0 Å². The summed E-state index contributed by atoms with van der Waals surface area (Å²) in [4.78, 5) is 26.5. The van der Waals surface area contributed by atoms with E-state index in [1.54, 1.807) is 4.90 Å². The zero-order valence-electron chi connectivity index (χ0n) is 10.8. The van der Waals surface area contributed by atoms with Crippen molar-refractivity contribution in [2.24, 2.45) is 11.8 Å². The van der Waals surface area contributed by atoms with Crippen LogP contribution in [0, 0.1) is 11.8 Å². The average Bonchev–Trinajstić information content (AvgIpc) is 2.64.